The van der Waals surface area contributed by atoms with Gasteiger partial charge in [0, 0.05) is 6.42 Å². The van der Waals surface area contributed by atoms with Gasteiger partial charge in [-0.05, 0) is 19.3 Å². The molecule has 0 fully saturated rings. The fraction of sp³-hybridized carbons (Fsp3) is 0.500. The van der Waals surface area contributed by atoms with Gasteiger partial charge in [0.25, 0.3) is 0 Å². The number of hydrogen-bond acceptors (Lipinski definition) is 4. The van der Waals surface area contributed by atoms with Crippen LogP contribution in [0.2, 0.25) is 0 Å². The number of ketones is 1. The molecule has 0 unspecified atom stereocenters. The monoisotopic (exact) mass is 210 g/mol. The lowest BCUT2D eigenvalue weighted by Crippen LogP contribution is -1.98. The van der Waals surface area contributed by atoms with Gasteiger partial charge < -0.3 is 0 Å². The van der Waals surface area contributed by atoms with Crippen LogP contribution < -0.4 is 0 Å². The van der Waals surface area contributed by atoms with Crippen LogP contribution in [0.1, 0.15) is 42.6 Å². The first-order valence-corrected chi connectivity index (χ1v) is 5.49. The van der Waals surface area contributed by atoms with Crippen molar-refractivity contribution >= 4 is 17.5 Å². The van der Waals surface area contributed by atoms with E-state index in [1.165, 1.54) is 6.20 Å². The van der Waals surface area contributed by atoms with E-state index in [4.69, 9.17) is 0 Å². The molecule has 0 aliphatic carbocycles. The van der Waals surface area contributed by atoms with Crippen LogP contribution in [0, 0.1) is 0 Å². The fourth-order valence-corrected chi connectivity index (χ4v) is 1.60. The molecule has 0 saturated carbocycles. The lowest BCUT2D eigenvalue weighted by Gasteiger charge is -1.96. The molecule has 0 amide bonds. The Labute approximate surface area is 88.2 Å². The number of aromatic nitrogens is 2. The number of nitrogens with zero attached hydrogens (tertiary/aromatic N) is 2. The smallest absolute Gasteiger partial charge is 0.183 e. The predicted molar refractivity (Wildman–Crippen MR) is 57.5 cm³/mol. The van der Waals surface area contributed by atoms with Crippen molar-refractivity contribution in [3.63, 3.8) is 0 Å². The van der Waals surface area contributed by atoms with E-state index in [0.29, 0.717) is 12.1 Å². The lowest BCUT2D eigenvalue weighted by atomic mass is 10.1. The Morgan fingerprint density at radius 3 is 3.00 bits per heavy atom. The Morgan fingerprint density at radius 2 is 2.36 bits per heavy atom. The first kappa shape index (κ1) is 11.0. The Hall–Kier alpha value is -1.03. The zero-order valence-corrected chi connectivity index (χ0v) is 8.92. The largest absolute Gasteiger partial charge is 0.292 e. The summed E-state index contributed by atoms with van der Waals surface area (Å²) in [5.74, 6) is 0.109. The second-order valence-electron chi connectivity index (χ2n) is 3.10. The van der Waals surface area contributed by atoms with E-state index >= 15 is 0 Å². The Bertz CT molecular complexity index is 282. The molecule has 0 spiro atoms. The van der Waals surface area contributed by atoms with Crippen molar-refractivity contribution in [3.05, 3.63) is 24.5 Å². The van der Waals surface area contributed by atoms with E-state index in [0.717, 1.165) is 37.4 Å². The maximum atomic E-state index is 11.4. The van der Waals surface area contributed by atoms with Crippen molar-refractivity contribution in [3.8, 4) is 0 Å². The summed E-state index contributed by atoms with van der Waals surface area (Å²) < 4.78 is 7.69. The first-order chi connectivity index (χ1) is 6.84. The molecule has 0 aliphatic rings. The summed E-state index contributed by atoms with van der Waals surface area (Å²) in [6, 6.07) is 0. The van der Waals surface area contributed by atoms with Crippen molar-refractivity contribution in [2.45, 2.75) is 32.1 Å². The second kappa shape index (κ2) is 6.43. The van der Waals surface area contributed by atoms with Crippen LogP contribution >= 0.6 is 11.7 Å². The summed E-state index contributed by atoms with van der Waals surface area (Å²) in [5.41, 5.74) is 0.513. The average molecular weight is 210 g/mol. The van der Waals surface area contributed by atoms with Gasteiger partial charge in [0.05, 0.1) is 17.9 Å². The maximum absolute atomic E-state index is 11.4. The van der Waals surface area contributed by atoms with Crippen LogP contribution in [-0.2, 0) is 0 Å². The normalized spacial score (nSPS) is 10.0. The lowest BCUT2D eigenvalue weighted by molar-refractivity contribution is 0.0975. The third-order valence-electron chi connectivity index (χ3n) is 1.96. The van der Waals surface area contributed by atoms with Gasteiger partial charge in [-0.15, -0.1) is 6.58 Å². The predicted octanol–water partition coefficient (Wildman–Crippen LogP) is 2.86. The summed E-state index contributed by atoms with van der Waals surface area (Å²) in [6.07, 6.45) is 8.20. The highest BCUT2D eigenvalue weighted by atomic mass is 32.1. The third kappa shape index (κ3) is 3.79. The SMILES string of the molecule is C=CCCCCCC(=O)c1cnsn1. The molecule has 1 rings (SSSR count). The summed E-state index contributed by atoms with van der Waals surface area (Å²) >= 11 is 1.08. The number of unbranched alkanes of at least 4 members (excludes halogenated alkanes) is 3. The Morgan fingerprint density at radius 1 is 1.50 bits per heavy atom. The van der Waals surface area contributed by atoms with E-state index in [1.807, 2.05) is 6.08 Å². The molecule has 0 bridgehead atoms. The van der Waals surface area contributed by atoms with E-state index in [1.54, 1.807) is 0 Å². The highest BCUT2D eigenvalue weighted by Crippen LogP contribution is 2.07. The first-order valence-electron chi connectivity index (χ1n) is 4.76. The molecule has 0 aromatic carbocycles. The molecular formula is C10H14N2OS. The van der Waals surface area contributed by atoms with E-state index < -0.39 is 0 Å². The van der Waals surface area contributed by atoms with Crippen molar-refractivity contribution in [2.24, 2.45) is 0 Å². The van der Waals surface area contributed by atoms with Gasteiger partial charge in [0.15, 0.2) is 5.78 Å². The molecule has 0 radical (unpaired) electrons. The average Bonchev–Trinajstić information content (AvgIpc) is 2.70. The minimum absolute atomic E-state index is 0.109. The summed E-state index contributed by atoms with van der Waals surface area (Å²) in [6.45, 7) is 3.65. The number of rotatable bonds is 7. The van der Waals surface area contributed by atoms with Crippen LogP contribution in [0.25, 0.3) is 0 Å². The molecule has 0 saturated heterocycles. The number of carbonyl (C=O) groups is 1. The molecule has 1 aromatic heterocycles. The molecule has 0 aliphatic heterocycles. The van der Waals surface area contributed by atoms with Gasteiger partial charge in [-0.3, -0.25) is 4.79 Å². The molecule has 4 heteroatoms. The number of allylic oxidation sites excluding steroid dienone is 1. The highest BCUT2D eigenvalue weighted by Gasteiger charge is 2.07. The van der Waals surface area contributed by atoms with Gasteiger partial charge in [-0.2, -0.15) is 8.75 Å². The van der Waals surface area contributed by atoms with E-state index in [9.17, 15) is 4.79 Å². The van der Waals surface area contributed by atoms with Crippen molar-refractivity contribution in [1.29, 1.82) is 0 Å². The molecular weight excluding hydrogens is 196 g/mol. The molecule has 0 N–H and O–H groups in total. The molecule has 3 nitrogen and oxygen atoms in total. The summed E-state index contributed by atoms with van der Waals surface area (Å²) in [5, 5.41) is 0. The second-order valence-corrected chi connectivity index (χ2v) is 3.66. The van der Waals surface area contributed by atoms with E-state index in [2.05, 4.69) is 15.3 Å². The zero-order chi connectivity index (χ0) is 10.2. The van der Waals surface area contributed by atoms with Crippen molar-refractivity contribution in [1.82, 2.24) is 8.75 Å². The third-order valence-corrected chi connectivity index (χ3v) is 2.44. The number of carbonyl (C=O) groups excluding carboxylic acids is 1. The minimum atomic E-state index is 0.109. The van der Waals surface area contributed by atoms with Crippen molar-refractivity contribution < 1.29 is 4.79 Å². The highest BCUT2D eigenvalue weighted by molar-refractivity contribution is 6.99. The zero-order valence-electron chi connectivity index (χ0n) is 8.11. The number of Topliss-reactive ketones (excluding diaryl/α,β-unsaturated/α-hetero) is 1. The quantitative estimate of drug-likeness (QED) is 0.395. The van der Waals surface area contributed by atoms with E-state index in [-0.39, 0.29) is 5.78 Å². The molecule has 76 valence electrons. The van der Waals surface area contributed by atoms with Crippen LogP contribution in [0.5, 0.6) is 0 Å². The molecule has 0 atom stereocenters. The topological polar surface area (TPSA) is 42.9 Å². The van der Waals surface area contributed by atoms with Crippen LogP contribution in [0.3, 0.4) is 0 Å². The van der Waals surface area contributed by atoms with Crippen LogP contribution in [0.15, 0.2) is 18.9 Å². The van der Waals surface area contributed by atoms with Gasteiger partial charge >= 0.3 is 0 Å². The fourth-order valence-electron chi connectivity index (χ4n) is 1.17. The summed E-state index contributed by atoms with van der Waals surface area (Å²) in [7, 11) is 0. The molecule has 14 heavy (non-hydrogen) atoms. The standard InChI is InChI=1S/C10H14N2OS/c1-2-3-4-5-6-7-10(13)9-8-11-14-12-9/h2,8H,1,3-7H2. The van der Waals surface area contributed by atoms with Gasteiger partial charge in [-0.25, -0.2) is 0 Å². The van der Waals surface area contributed by atoms with Gasteiger partial charge in [-0.1, -0.05) is 12.5 Å². The van der Waals surface area contributed by atoms with Crippen LogP contribution in [0.4, 0.5) is 0 Å². The van der Waals surface area contributed by atoms with Gasteiger partial charge in [0.2, 0.25) is 0 Å². The Kier molecular flexibility index (Phi) is 5.07. The molecule has 1 aromatic rings. The van der Waals surface area contributed by atoms with Crippen molar-refractivity contribution in [2.75, 3.05) is 0 Å². The maximum Gasteiger partial charge on any atom is 0.183 e. The minimum Gasteiger partial charge on any atom is -0.292 e. The number of hydrogen-bond donors (Lipinski definition) is 0. The van der Waals surface area contributed by atoms with Crippen LogP contribution in [-0.4, -0.2) is 14.5 Å². The Balaban J connectivity index is 2.13. The van der Waals surface area contributed by atoms with Gasteiger partial charge in [0.1, 0.15) is 5.69 Å². The summed E-state index contributed by atoms with van der Waals surface area (Å²) in [4.78, 5) is 11.4. The molecule has 1 heterocycles.